The molecule has 116 valence electrons. The second kappa shape index (κ2) is 8.09. The Hall–Kier alpha value is -1.30. The van der Waals surface area contributed by atoms with E-state index >= 15 is 0 Å². The molecule has 0 aliphatic carbocycles. The first kappa shape index (κ1) is 16.8. The molecule has 2 amide bonds. The summed E-state index contributed by atoms with van der Waals surface area (Å²) in [6.45, 7) is 6.10. The zero-order chi connectivity index (χ0) is 15.1. The Bertz CT molecular complexity index is 333. The third-order valence-corrected chi connectivity index (χ3v) is 3.98. The highest BCUT2D eigenvalue weighted by Crippen LogP contribution is 2.24. The maximum Gasteiger partial charge on any atom is 0.332 e. The van der Waals surface area contributed by atoms with Crippen molar-refractivity contribution in [2.75, 3.05) is 19.6 Å². The van der Waals surface area contributed by atoms with Crippen LogP contribution in [0.1, 0.15) is 39.5 Å². The quantitative estimate of drug-likeness (QED) is 0.710. The highest BCUT2D eigenvalue weighted by atomic mass is 16.4. The Balaban J connectivity index is 2.31. The molecular formula is C14H26N2O4. The van der Waals surface area contributed by atoms with E-state index in [1.807, 2.05) is 0 Å². The number of hydrogen-bond acceptors (Lipinski definition) is 3. The summed E-state index contributed by atoms with van der Waals surface area (Å²) in [4.78, 5) is 24.2. The van der Waals surface area contributed by atoms with Crippen LogP contribution in [-0.2, 0) is 4.79 Å². The van der Waals surface area contributed by atoms with E-state index in [0.29, 0.717) is 11.8 Å². The van der Waals surface area contributed by atoms with Gasteiger partial charge in [0.25, 0.3) is 0 Å². The van der Waals surface area contributed by atoms with Crippen molar-refractivity contribution in [2.24, 2.45) is 11.8 Å². The van der Waals surface area contributed by atoms with Crippen LogP contribution in [0.3, 0.4) is 0 Å². The summed E-state index contributed by atoms with van der Waals surface area (Å²) in [6.07, 6.45) is 1.80. The zero-order valence-corrected chi connectivity index (χ0v) is 12.3. The molecule has 6 nitrogen and oxygen atoms in total. The number of nitrogens with zero attached hydrogens (tertiary/aromatic N) is 1. The van der Waals surface area contributed by atoms with Crippen molar-refractivity contribution in [3.8, 4) is 0 Å². The van der Waals surface area contributed by atoms with E-state index in [1.165, 1.54) is 0 Å². The topological polar surface area (TPSA) is 89.9 Å². The Labute approximate surface area is 120 Å². The van der Waals surface area contributed by atoms with Gasteiger partial charge in [-0.3, -0.25) is 0 Å². The Morgan fingerprint density at radius 2 is 2.00 bits per heavy atom. The van der Waals surface area contributed by atoms with Crippen LogP contribution >= 0.6 is 0 Å². The molecule has 1 fully saturated rings. The lowest BCUT2D eigenvalue weighted by Gasteiger charge is -2.22. The Morgan fingerprint density at radius 3 is 2.60 bits per heavy atom. The molecule has 6 heteroatoms. The maximum atomic E-state index is 12.0. The summed E-state index contributed by atoms with van der Waals surface area (Å²) >= 11 is 0. The van der Waals surface area contributed by atoms with E-state index in [9.17, 15) is 9.59 Å². The molecule has 0 radical (unpaired) electrons. The van der Waals surface area contributed by atoms with Gasteiger partial charge in [-0.1, -0.05) is 13.8 Å². The normalized spacial score (nSPS) is 21.4. The van der Waals surface area contributed by atoms with Gasteiger partial charge >= 0.3 is 12.0 Å². The van der Waals surface area contributed by atoms with Crippen LogP contribution in [-0.4, -0.2) is 52.9 Å². The molecule has 0 aromatic heterocycles. The number of hydrogen-bond donors (Lipinski definition) is 3. The summed E-state index contributed by atoms with van der Waals surface area (Å²) in [6, 6.07) is -0.160. The average molecular weight is 286 g/mol. The fourth-order valence-electron chi connectivity index (χ4n) is 2.54. The third-order valence-electron chi connectivity index (χ3n) is 3.98. The largest absolute Gasteiger partial charge is 0.479 e. The first-order valence-electron chi connectivity index (χ1n) is 7.35. The predicted octanol–water partition coefficient (Wildman–Crippen LogP) is 1.29. The van der Waals surface area contributed by atoms with E-state index in [1.54, 1.807) is 4.90 Å². The Kier molecular flexibility index (Phi) is 6.78. The number of urea groups is 1. The minimum atomic E-state index is -1.41. The molecule has 1 unspecified atom stereocenters. The molecule has 3 N–H and O–H groups in total. The van der Waals surface area contributed by atoms with Crippen LogP contribution in [0.2, 0.25) is 0 Å². The molecule has 0 saturated carbocycles. The number of aliphatic hydroxyl groups is 1. The molecule has 0 aromatic carbocycles. The summed E-state index contributed by atoms with van der Waals surface area (Å²) in [5, 5.41) is 20.3. The van der Waals surface area contributed by atoms with Gasteiger partial charge in [-0.15, -0.1) is 0 Å². The summed E-state index contributed by atoms with van der Waals surface area (Å²) in [5.41, 5.74) is 0. The average Bonchev–Trinajstić information content (AvgIpc) is 2.63. The monoisotopic (exact) mass is 286 g/mol. The first-order valence-corrected chi connectivity index (χ1v) is 7.35. The molecular weight excluding hydrogens is 260 g/mol. The van der Waals surface area contributed by atoms with Gasteiger partial charge in [0.1, 0.15) is 0 Å². The van der Waals surface area contributed by atoms with Gasteiger partial charge in [0.05, 0.1) is 0 Å². The lowest BCUT2D eigenvalue weighted by molar-refractivity contribution is -0.146. The molecule has 1 rings (SSSR count). The second-order valence-corrected chi connectivity index (χ2v) is 5.80. The molecule has 1 aliphatic heterocycles. The van der Waals surface area contributed by atoms with E-state index < -0.39 is 12.1 Å². The van der Waals surface area contributed by atoms with E-state index in [4.69, 9.17) is 10.2 Å². The smallest absolute Gasteiger partial charge is 0.332 e. The number of nitrogens with one attached hydrogen (secondary N) is 1. The third kappa shape index (κ3) is 5.36. The molecule has 0 spiro atoms. The van der Waals surface area contributed by atoms with Crippen molar-refractivity contribution in [3.63, 3.8) is 0 Å². The number of amides is 2. The van der Waals surface area contributed by atoms with Gasteiger partial charge in [-0.25, -0.2) is 9.59 Å². The van der Waals surface area contributed by atoms with E-state index in [0.717, 1.165) is 32.4 Å². The van der Waals surface area contributed by atoms with E-state index in [2.05, 4.69) is 19.2 Å². The highest BCUT2D eigenvalue weighted by molar-refractivity contribution is 5.74. The summed E-state index contributed by atoms with van der Waals surface area (Å²) < 4.78 is 0. The van der Waals surface area contributed by atoms with Crippen LogP contribution in [0.15, 0.2) is 0 Å². The number of likely N-dealkylation sites (tertiary alicyclic amines) is 1. The van der Waals surface area contributed by atoms with Crippen LogP contribution in [0.4, 0.5) is 4.79 Å². The fourth-order valence-corrected chi connectivity index (χ4v) is 2.54. The number of aliphatic hydroxyl groups excluding tert-OH is 1. The minimum Gasteiger partial charge on any atom is -0.479 e. The van der Waals surface area contributed by atoms with Gasteiger partial charge in [0.15, 0.2) is 6.10 Å². The fraction of sp³-hybridized carbons (Fsp3) is 0.857. The number of aliphatic carboxylic acids is 1. The molecule has 20 heavy (non-hydrogen) atoms. The van der Waals surface area contributed by atoms with Crippen molar-refractivity contribution in [1.29, 1.82) is 0 Å². The lowest BCUT2D eigenvalue weighted by Crippen LogP contribution is -2.42. The number of carboxylic acid groups (broad SMARTS) is 1. The number of carboxylic acids is 1. The van der Waals surface area contributed by atoms with Gasteiger partial charge in [0.2, 0.25) is 0 Å². The van der Waals surface area contributed by atoms with Gasteiger partial charge in [0, 0.05) is 26.1 Å². The standard InChI is InChI=1S/C14H26N2O4/c1-10(2)11-4-3-8-16(9-6-11)14(20)15-7-5-12(17)13(18)19/h10-12,17H,3-9H2,1-2H3,(H,15,20)(H,18,19)/t11?,12-/m0/s1. The van der Waals surface area contributed by atoms with Crippen molar-refractivity contribution in [2.45, 2.75) is 45.6 Å². The van der Waals surface area contributed by atoms with Crippen molar-refractivity contribution < 1.29 is 19.8 Å². The number of carbonyl (C=O) groups excluding carboxylic acids is 1. The van der Waals surface area contributed by atoms with Crippen molar-refractivity contribution in [1.82, 2.24) is 10.2 Å². The molecule has 2 atom stereocenters. The molecule has 1 heterocycles. The van der Waals surface area contributed by atoms with Crippen molar-refractivity contribution in [3.05, 3.63) is 0 Å². The van der Waals surface area contributed by atoms with Crippen LogP contribution < -0.4 is 5.32 Å². The van der Waals surface area contributed by atoms with E-state index in [-0.39, 0.29) is 19.0 Å². The minimum absolute atomic E-state index is 0.0313. The van der Waals surface area contributed by atoms with Gasteiger partial charge < -0.3 is 20.4 Å². The molecule has 0 bridgehead atoms. The van der Waals surface area contributed by atoms with Crippen molar-refractivity contribution >= 4 is 12.0 Å². The summed E-state index contributed by atoms with van der Waals surface area (Å²) in [7, 11) is 0. The number of rotatable bonds is 5. The number of carbonyl (C=O) groups is 2. The summed E-state index contributed by atoms with van der Waals surface area (Å²) in [5.74, 6) is 0.0548. The molecule has 1 saturated heterocycles. The lowest BCUT2D eigenvalue weighted by atomic mass is 9.89. The molecule has 0 aromatic rings. The highest BCUT2D eigenvalue weighted by Gasteiger charge is 2.22. The van der Waals surface area contributed by atoms with Crippen LogP contribution in [0.25, 0.3) is 0 Å². The molecule has 1 aliphatic rings. The van der Waals surface area contributed by atoms with Crippen LogP contribution in [0.5, 0.6) is 0 Å². The van der Waals surface area contributed by atoms with Gasteiger partial charge in [-0.2, -0.15) is 0 Å². The SMILES string of the molecule is CC(C)C1CCCN(C(=O)NCC[C@H](O)C(=O)O)CC1. The second-order valence-electron chi connectivity index (χ2n) is 5.80. The Morgan fingerprint density at radius 1 is 1.30 bits per heavy atom. The predicted molar refractivity (Wildman–Crippen MR) is 75.4 cm³/mol. The first-order chi connectivity index (χ1) is 9.41. The maximum absolute atomic E-state index is 12.0. The van der Waals surface area contributed by atoms with Gasteiger partial charge in [-0.05, 0) is 31.1 Å². The van der Waals surface area contributed by atoms with Crippen LogP contribution in [0, 0.1) is 11.8 Å². The zero-order valence-electron chi connectivity index (χ0n) is 12.3.